The fourth-order valence-electron chi connectivity index (χ4n) is 3.89. The SMILES string of the molecule is CCC(C)N1CCC2(CCCCO2)CC1(C)C. The maximum Gasteiger partial charge on any atom is 0.0712 e. The molecular weight excluding hydrogens is 210 g/mol. The summed E-state index contributed by atoms with van der Waals surface area (Å²) in [6.45, 7) is 11.7. The third kappa shape index (κ3) is 2.68. The monoisotopic (exact) mass is 239 g/mol. The van der Waals surface area contributed by atoms with Crippen molar-refractivity contribution < 1.29 is 4.74 Å². The molecule has 1 spiro atoms. The average molecular weight is 239 g/mol. The molecule has 0 aromatic heterocycles. The van der Waals surface area contributed by atoms with Crippen molar-refractivity contribution in [1.82, 2.24) is 4.90 Å². The standard InChI is InChI=1S/C15H29NO/c1-5-13(2)16-10-9-15(12-14(16,3)4)8-6-7-11-17-15/h13H,5-12H2,1-4H3. The van der Waals surface area contributed by atoms with Crippen LogP contribution >= 0.6 is 0 Å². The number of hydrogen-bond acceptors (Lipinski definition) is 2. The first kappa shape index (κ1) is 13.4. The van der Waals surface area contributed by atoms with Crippen molar-refractivity contribution >= 4 is 0 Å². The van der Waals surface area contributed by atoms with Gasteiger partial charge in [0.05, 0.1) is 5.60 Å². The van der Waals surface area contributed by atoms with Crippen LogP contribution in [0.5, 0.6) is 0 Å². The van der Waals surface area contributed by atoms with Gasteiger partial charge in [0, 0.05) is 24.7 Å². The molecule has 0 bridgehead atoms. The third-order valence-corrected chi connectivity index (χ3v) is 4.90. The normalized spacial score (nSPS) is 36.0. The Morgan fingerprint density at radius 3 is 2.53 bits per heavy atom. The minimum absolute atomic E-state index is 0.214. The van der Waals surface area contributed by atoms with Gasteiger partial charge in [-0.2, -0.15) is 0 Å². The Kier molecular flexibility index (Phi) is 3.84. The topological polar surface area (TPSA) is 12.5 Å². The van der Waals surface area contributed by atoms with E-state index in [1.807, 2.05) is 0 Å². The predicted octanol–water partition coefficient (Wildman–Crippen LogP) is 3.60. The van der Waals surface area contributed by atoms with Crippen LogP contribution in [0.25, 0.3) is 0 Å². The lowest BCUT2D eigenvalue weighted by atomic mass is 9.75. The van der Waals surface area contributed by atoms with Crippen LogP contribution in [-0.4, -0.2) is 35.2 Å². The first-order valence-corrected chi connectivity index (χ1v) is 7.40. The number of nitrogens with zero attached hydrogens (tertiary/aromatic N) is 1. The minimum Gasteiger partial charge on any atom is -0.375 e. The fraction of sp³-hybridized carbons (Fsp3) is 1.00. The van der Waals surface area contributed by atoms with Gasteiger partial charge in [-0.25, -0.2) is 0 Å². The van der Waals surface area contributed by atoms with E-state index < -0.39 is 0 Å². The lowest BCUT2D eigenvalue weighted by Gasteiger charge is -2.54. The quantitative estimate of drug-likeness (QED) is 0.730. The molecule has 2 atom stereocenters. The molecule has 2 rings (SSSR count). The fourth-order valence-corrected chi connectivity index (χ4v) is 3.89. The van der Waals surface area contributed by atoms with Gasteiger partial charge in [0.25, 0.3) is 0 Å². The van der Waals surface area contributed by atoms with E-state index in [0.29, 0.717) is 11.6 Å². The summed E-state index contributed by atoms with van der Waals surface area (Å²) >= 11 is 0. The van der Waals surface area contributed by atoms with Crippen molar-refractivity contribution in [1.29, 1.82) is 0 Å². The van der Waals surface area contributed by atoms with Crippen LogP contribution in [0.2, 0.25) is 0 Å². The highest BCUT2D eigenvalue weighted by Crippen LogP contribution is 2.42. The van der Waals surface area contributed by atoms with Crippen molar-refractivity contribution in [2.75, 3.05) is 13.2 Å². The Morgan fingerprint density at radius 2 is 2.00 bits per heavy atom. The van der Waals surface area contributed by atoms with Gasteiger partial charge < -0.3 is 4.74 Å². The molecule has 100 valence electrons. The van der Waals surface area contributed by atoms with Crippen LogP contribution < -0.4 is 0 Å². The smallest absolute Gasteiger partial charge is 0.0712 e. The van der Waals surface area contributed by atoms with Gasteiger partial charge >= 0.3 is 0 Å². The van der Waals surface area contributed by atoms with E-state index >= 15 is 0 Å². The molecule has 2 aliphatic rings. The highest BCUT2D eigenvalue weighted by atomic mass is 16.5. The van der Waals surface area contributed by atoms with E-state index in [9.17, 15) is 0 Å². The van der Waals surface area contributed by atoms with E-state index in [0.717, 1.165) is 6.61 Å². The van der Waals surface area contributed by atoms with Crippen molar-refractivity contribution in [2.24, 2.45) is 0 Å². The summed E-state index contributed by atoms with van der Waals surface area (Å²) in [5.41, 5.74) is 0.511. The Morgan fingerprint density at radius 1 is 1.24 bits per heavy atom. The van der Waals surface area contributed by atoms with Gasteiger partial charge in [0.15, 0.2) is 0 Å². The van der Waals surface area contributed by atoms with Crippen LogP contribution in [0.15, 0.2) is 0 Å². The second-order valence-electron chi connectivity index (χ2n) is 6.68. The number of piperidine rings is 1. The van der Waals surface area contributed by atoms with Crippen LogP contribution in [-0.2, 0) is 4.74 Å². The van der Waals surface area contributed by atoms with E-state index in [1.54, 1.807) is 0 Å². The van der Waals surface area contributed by atoms with Gasteiger partial charge in [-0.15, -0.1) is 0 Å². The maximum absolute atomic E-state index is 6.18. The van der Waals surface area contributed by atoms with Crippen LogP contribution in [0, 0.1) is 0 Å². The Labute approximate surface area is 107 Å². The summed E-state index contributed by atoms with van der Waals surface area (Å²) in [7, 11) is 0. The molecule has 2 heteroatoms. The average Bonchev–Trinajstić information content (AvgIpc) is 2.28. The van der Waals surface area contributed by atoms with Gasteiger partial charge in [-0.1, -0.05) is 6.92 Å². The molecule has 0 aliphatic carbocycles. The molecule has 0 amide bonds. The molecule has 17 heavy (non-hydrogen) atoms. The number of likely N-dealkylation sites (tertiary alicyclic amines) is 1. The molecule has 2 unspecified atom stereocenters. The Balaban J connectivity index is 2.07. The first-order chi connectivity index (χ1) is 7.99. The molecular formula is C15H29NO. The van der Waals surface area contributed by atoms with Crippen LogP contribution in [0.4, 0.5) is 0 Å². The van der Waals surface area contributed by atoms with E-state index in [-0.39, 0.29) is 5.60 Å². The summed E-state index contributed by atoms with van der Waals surface area (Å²) in [5, 5.41) is 0. The zero-order valence-electron chi connectivity index (χ0n) is 12.1. The van der Waals surface area contributed by atoms with Crippen molar-refractivity contribution in [3.63, 3.8) is 0 Å². The second kappa shape index (κ2) is 4.89. The van der Waals surface area contributed by atoms with Crippen LogP contribution in [0.3, 0.4) is 0 Å². The second-order valence-corrected chi connectivity index (χ2v) is 6.68. The summed E-state index contributed by atoms with van der Waals surface area (Å²) in [4.78, 5) is 2.69. The third-order valence-electron chi connectivity index (χ3n) is 4.90. The van der Waals surface area contributed by atoms with Crippen molar-refractivity contribution in [3.8, 4) is 0 Å². The van der Waals surface area contributed by atoms with Gasteiger partial charge in [-0.3, -0.25) is 4.90 Å². The van der Waals surface area contributed by atoms with Gasteiger partial charge in [0.1, 0.15) is 0 Å². The molecule has 2 saturated heterocycles. The number of hydrogen-bond donors (Lipinski definition) is 0. The summed E-state index contributed by atoms with van der Waals surface area (Å²) in [6, 6.07) is 0.700. The minimum atomic E-state index is 0.214. The first-order valence-electron chi connectivity index (χ1n) is 7.40. The Bertz CT molecular complexity index is 256. The molecule has 2 fully saturated rings. The van der Waals surface area contributed by atoms with E-state index in [1.165, 1.54) is 45.1 Å². The molecule has 0 saturated carbocycles. The Hall–Kier alpha value is -0.0800. The zero-order chi connectivity index (χ0) is 12.5. The van der Waals surface area contributed by atoms with E-state index in [2.05, 4.69) is 32.6 Å². The molecule has 2 aliphatic heterocycles. The summed E-state index contributed by atoms with van der Waals surface area (Å²) < 4.78 is 6.18. The van der Waals surface area contributed by atoms with Crippen molar-refractivity contribution in [3.05, 3.63) is 0 Å². The highest BCUT2D eigenvalue weighted by Gasteiger charge is 2.46. The zero-order valence-corrected chi connectivity index (χ0v) is 12.1. The van der Waals surface area contributed by atoms with Gasteiger partial charge in [0.2, 0.25) is 0 Å². The lowest BCUT2D eigenvalue weighted by molar-refractivity contribution is -0.148. The molecule has 0 radical (unpaired) electrons. The predicted molar refractivity (Wildman–Crippen MR) is 72.3 cm³/mol. The van der Waals surface area contributed by atoms with Crippen LogP contribution in [0.1, 0.15) is 66.2 Å². The largest absolute Gasteiger partial charge is 0.375 e. The summed E-state index contributed by atoms with van der Waals surface area (Å²) in [6.07, 6.45) is 7.60. The number of ether oxygens (including phenoxy) is 1. The molecule has 2 heterocycles. The van der Waals surface area contributed by atoms with E-state index in [4.69, 9.17) is 4.74 Å². The maximum atomic E-state index is 6.18. The molecule has 0 aromatic rings. The lowest BCUT2D eigenvalue weighted by Crippen LogP contribution is -2.60. The van der Waals surface area contributed by atoms with Gasteiger partial charge in [-0.05, 0) is 59.3 Å². The van der Waals surface area contributed by atoms with Crippen molar-refractivity contribution in [2.45, 2.75) is 83.4 Å². The number of rotatable bonds is 2. The molecule has 0 N–H and O–H groups in total. The molecule has 2 nitrogen and oxygen atoms in total. The highest BCUT2D eigenvalue weighted by molar-refractivity contribution is 5.00. The molecule has 0 aromatic carbocycles. The summed E-state index contributed by atoms with van der Waals surface area (Å²) in [5.74, 6) is 0.